The van der Waals surface area contributed by atoms with E-state index >= 15 is 0 Å². The number of carbonyl (C=O) groups is 1. The number of Topliss-reactive ketones (excluding diaryl/α,β-unsaturated/α-hetero) is 1. The Kier molecular flexibility index (Phi) is 5.39. The minimum Gasteiger partial charge on any atom is -0.504 e. The molecule has 0 spiro atoms. The summed E-state index contributed by atoms with van der Waals surface area (Å²) < 4.78 is 5.21. The molecule has 0 radical (unpaired) electrons. The standard InChI is InChI=1S/C20H19ClN2O3S/c1-11-16(18(24)12-7-5-4-6-8-12)17(22-20(27)23(11)2)14-9-13(21)10-15(26-3)19(14)25/h4-10,17,25H,1-3H3,(H,22,27). The van der Waals surface area contributed by atoms with Crippen LogP contribution in [0.4, 0.5) is 0 Å². The molecular formula is C20H19ClN2O3S. The molecule has 2 aromatic carbocycles. The Morgan fingerprint density at radius 2 is 1.96 bits per heavy atom. The molecule has 0 aromatic heterocycles. The SMILES string of the molecule is COc1cc(Cl)cc(C2NC(=S)N(C)C(C)=C2C(=O)c2ccccc2)c1O. The third kappa shape index (κ3) is 3.50. The molecule has 140 valence electrons. The molecule has 1 aliphatic rings. The highest BCUT2D eigenvalue weighted by atomic mass is 35.5. The van der Waals surface area contributed by atoms with Gasteiger partial charge in [-0.1, -0.05) is 41.9 Å². The van der Waals surface area contributed by atoms with Crippen LogP contribution in [-0.2, 0) is 0 Å². The van der Waals surface area contributed by atoms with Gasteiger partial charge in [-0.25, -0.2) is 0 Å². The van der Waals surface area contributed by atoms with Crippen LogP contribution in [0.5, 0.6) is 11.5 Å². The highest BCUT2D eigenvalue weighted by Crippen LogP contribution is 2.42. The van der Waals surface area contributed by atoms with E-state index in [0.29, 0.717) is 32.5 Å². The van der Waals surface area contributed by atoms with E-state index in [-0.39, 0.29) is 17.3 Å². The average Bonchev–Trinajstić information content (AvgIpc) is 2.67. The van der Waals surface area contributed by atoms with Gasteiger partial charge in [0.05, 0.1) is 13.2 Å². The first-order valence-corrected chi connectivity index (χ1v) is 9.05. The van der Waals surface area contributed by atoms with Crippen LogP contribution in [0.2, 0.25) is 5.02 Å². The van der Waals surface area contributed by atoms with Gasteiger partial charge in [-0.15, -0.1) is 0 Å². The molecule has 2 N–H and O–H groups in total. The number of ether oxygens (including phenoxy) is 1. The summed E-state index contributed by atoms with van der Waals surface area (Å²) >= 11 is 11.6. The number of phenols is 1. The van der Waals surface area contributed by atoms with Crippen molar-refractivity contribution in [3.8, 4) is 11.5 Å². The second-order valence-electron chi connectivity index (χ2n) is 6.18. The molecule has 0 amide bonds. The monoisotopic (exact) mass is 402 g/mol. The van der Waals surface area contributed by atoms with E-state index in [9.17, 15) is 9.90 Å². The van der Waals surface area contributed by atoms with Crippen LogP contribution in [0.15, 0.2) is 53.7 Å². The summed E-state index contributed by atoms with van der Waals surface area (Å²) in [6.45, 7) is 1.83. The maximum absolute atomic E-state index is 13.3. The van der Waals surface area contributed by atoms with E-state index in [2.05, 4.69) is 5.32 Å². The van der Waals surface area contributed by atoms with E-state index in [0.717, 1.165) is 0 Å². The summed E-state index contributed by atoms with van der Waals surface area (Å²) in [6, 6.07) is 11.4. The van der Waals surface area contributed by atoms with E-state index in [1.165, 1.54) is 13.2 Å². The van der Waals surface area contributed by atoms with Gasteiger partial charge in [0.15, 0.2) is 22.4 Å². The lowest BCUT2D eigenvalue weighted by Gasteiger charge is -2.36. The van der Waals surface area contributed by atoms with E-state index in [4.69, 9.17) is 28.6 Å². The predicted molar refractivity (Wildman–Crippen MR) is 109 cm³/mol. The molecule has 1 aliphatic heterocycles. The number of hydrogen-bond acceptors (Lipinski definition) is 4. The van der Waals surface area contributed by atoms with Gasteiger partial charge in [-0.2, -0.15) is 0 Å². The summed E-state index contributed by atoms with van der Waals surface area (Å²) in [5.74, 6) is -0.00971. The third-order valence-corrected chi connectivity index (χ3v) is 5.24. The molecule has 1 heterocycles. The number of benzene rings is 2. The summed E-state index contributed by atoms with van der Waals surface area (Å²) in [7, 11) is 3.23. The number of aromatic hydroxyl groups is 1. The molecule has 5 nitrogen and oxygen atoms in total. The first kappa shape index (κ1) is 19.2. The summed E-state index contributed by atoms with van der Waals surface area (Å²) in [5, 5.41) is 14.6. The van der Waals surface area contributed by atoms with Crippen molar-refractivity contribution >= 4 is 34.7 Å². The van der Waals surface area contributed by atoms with Gasteiger partial charge >= 0.3 is 0 Å². The van der Waals surface area contributed by atoms with Gasteiger partial charge in [0.1, 0.15) is 0 Å². The topological polar surface area (TPSA) is 61.8 Å². The first-order chi connectivity index (χ1) is 12.8. The molecule has 0 bridgehead atoms. The first-order valence-electron chi connectivity index (χ1n) is 8.26. The third-order valence-electron chi connectivity index (χ3n) is 4.63. The van der Waals surface area contributed by atoms with Gasteiger partial charge in [0.2, 0.25) is 0 Å². The molecule has 1 atom stereocenters. The number of halogens is 1. The molecule has 7 heteroatoms. The Labute approximate surface area is 168 Å². The number of ketones is 1. The number of rotatable bonds is 4. The van der Waals surface area contributed by atoms with Crippen molar-refractivity contribution in [3.05, 3.63) is 69.9 Å². The smallest absolute Gasteiger partial charge is 0.193 e. The summed E-state index contributed by atoms with van der Waals surface area (Å²) in [5.41, 5.74) is 2.16. The molecular weight excluding hydrogens is 384 g/mol. The predicted octanol–water partition coefficient (Wildman–Crippen LogP) is 4.07. The van der Waals surface area contributed by atoms with Crippen LogP contribution in [0.3, 0.4) is 0 Å². The lowest BCUT2D eigenvalue weighted by atomic mass is 9.88. The maximum Gasteiger partial charge on any atom is 0.193 e. The Balaban J connectivity index is 2.20. The fourth-order valence-corrected chi connectivity index (χ4v) is 3.55. The van der Waals surface area contributed by atoms with Gasteiger partial charge < -0.3 is 20.1 Å². The quantitative estimate of drug-likeness (QED) is 0.593. The summed E-state index contributed by atoms with van der Waals surface area (Å²) in [4.78, 5) is 15.0. The normalized spacial score (nSPS) is 17.0. The van der Waals surface area contributed by atoms with Gasteiger partial charge in [0.25, 0.3) is 0 Å². The number of allylic oxidation sites excluding steroid dienone is 1. The van der Waals surface area contributed by atoms with Crippen LogP contribution in [0, 0.1) is 0 Å². The lowest BCUT2D eigenvalue weighted by molar-refractivity contribution is 0.102. The van der Waals surface area contributed by atoms with E-state index in [1.807, 2.05) is 25.1 Å². The second kappa shape index (κ2) is 7.58. The van der Waals surface area contributed by atoms with Crippen molar-refractivity contribution in [3.63, 3.8) is 0 Å². The number of thiocarbonyl (C=S) groups is 1. The fourth-order valence-electron chi connectivity index (χ4n) is 3.08. The minimum atomic E-state index is -0.658. The lowest BCUT2D eigenvalue weighted by Crippen LogP contribution is -2.45. The van der Waals surface area contributed by atoms with Crippen molar-refractivity contribution in [2.24, 2.45) is 0 Å². The van der Waals surface area contributed by atoms with Gasteiger partial charge in [0, 0.05) is 40.5 Å². The average molecular weight is 403 g/mol. The number of methoxy groups -OCH3 is 1. The summed E-state index contributed by atoms with van der Waals surface area (Å²) in [6.07, 6.45) is 0. The molecule has 27 heavy (non-hydrogen) atoms. The van der Waals surface area contributed by atoms with Crippen LogP contribution in [0.1, 0.15) is 28.9 Å². The highest BCUT2D eigenvalue weighted by molar-refractivity contribution is 7.80. The zero-order chi connectivity index (χ0) is 19.7. The number of carbonyl (C=O) groups excluding carboxylic acids is 1. The zero-order valence-corrected chi connectivity index (χ0v) is 16.7. The molecule has 0 fully saturated rings. The van der Waals surface area contributed by atoms with Crippen molar-refractivity contribution in [2.75, 3.05) is 14.2 Å². The number of phenolic OH excluding ortho intramolecular Hbond substituents is 1. The zero-order valence-electron chi connectivity index (χ0n) is 15.1. The molecule has 0 saturated carbocycles. The highest BCUT2D eigenvalue weighted by Gasteiger charge is 2.35. The van der Waals surface area contributed by atoms with Crippen molar-refractivity contribution in [1.82, 2.24) is 10.2 Å². The molecule has 0 aliphatic carbocycles. The Bertz CT molecular complexity index is 944. The van der Waals surface area contributed by atoms with Crippen LogP contribution in [-0.4, -0.2) is 35.1 Å². The fraction of sp³-hybridized carbons (Fsp3) is 0.200. The molecule has 3 rings (SSSR count). The van der Waals surface area contributed by atoms with E-state index < -0.39 is 6.04 Å². The molecule has 2 aromatic rings. The maximum atomic E-state index is 13.3. The van der Waals surface area contributed by atoms with Crippen LogP contribution < -0.4 is 10.1 Å². The number of nitrogens with zero attached hydrogens (tertiary/aromatic N) is 1. The largest absolute Gasteiger partial charge is 0.504 e. The Hall–Kier alpha value is -2.57. The van der Waals surface area contributed by atoms with Crippen molar-refractivity contribution < 1.29 is 14.6 Å². The number of nitrogens with one attached hydrogen (secondary N) is 1. The number of hydrogen-bond donors (Lipinski definition) is 2. The Morgan fingerprint density at radius 1 is 1.30 bits per heavy atom. The van der Waals surface area contributed by atoms with Crippen molar-refractivity contribution in [1.29, 1.82) is 0 Å². The van der Waals surface area contributed by atoms with Gasteiger partial charge in [-0.05, 0) is 25.2 Å². The van der Waals surface area contributed by atoms with Crippen LogP contribution >= 0.6 is 23.8 Å². The Morgan fingerprint density at radius 3 is 2.59 bits per heavy atom. The van der Waals surface area contributed by atoms with Crippen LogP contribution in [0.25, 0.3) is 0 Å². The van der Waals surface area contributed by atoms with Gasteiger partial charge in [-0.3, -0.25) is 4.79 Å². The molecule has 0 saturated heterocycles. The molecule has 1 unspecified atom stereocenters. The minimum absolute atomic E-state index is 0.0853. The van der Waals surface area contributed by atoms with Crippen molar-refractivity contribution in [2.45, 2.75) is 13.0 Å². The second-order valence-corrected chi connectivity index (χ2v) is 7.00. The van der Waals surface area contributed by atoms with E-state index in [1.54, 1.807) is 30.1 Å².